The van der Waals surface area contributed by atoms with Gasteiger partial charge in [-0.3, -0.25) is 0 Å². The number of aliphatic hydroxyl groups is 7. The monoisotopic (exact) mass is 326 g/mol. The standard InChI is InChI=1S/C12H22O10/c1-3(14)9-6(16)7(17)12(21-9)22-10-5(15)4(2-13)20-11(19)8(10)18/h3-19H,2H2,1H3/t3?,4-,5-,6+,7+,8-,9-,10+,11-,12+/m1/s1. The molecular formula is C12H22O10. The van der Waals surface area contributed by atoms with Gasteiger partial charge < -0.3 is 50.0 Å². The lowest BCUT2D eigenvalue weighted by molar-refractivity contribution is -0.322. The third-order valence-corrected chi connectivity index (χ3v) is 3.86. The highest BCUT2D eigenvalue weighted by Gasteiger charge is 2.51. The van der Waals surface area contributed by atoms with Crippen molar-refractivity contribution >= 4 is 0 Å². The molecule has 0 aromatic rings. The van der Waals surface area contributed by atoms with Gasteiger partial charge in [0.25, 0.3) is 0 Å². The third-order valence-electron chi connectivity index (χ3n) is 3.86. The van der Waals surface area contributed by atoms with Crippen LogP contribution in [0.1, 0.15) is 6.92 Å². The van der Waals surface area contributed by atoms with Crippen LogP contribution in [0.5, 0.6) is 0 Å². The van der Waals surface area contributed by atoms with Crippen molar-refractivity contribution in [3.8, 4) is 0 Å². The molecule has 0 bridgehead atoms. The molecule has 1 unspecified atom stereocenters. The van der Waals surface area contributed by atoms with Crippen molar-refractivity contribution in [3.05, 3.63) is 0 Å². The summed E-state index contributed by atoms with van der Waals surface area (Å²) in [5.74, 6) is 0. The van der Waals surface area contributed by atoms with E-state index >= 15 is 0 Å². The lowest BCUT2D eigenvalue weighted by atomic mass is 9.99. The molecule has 2 rings (SSSR count). The minimum absolute atomic E-state index is 0.627. The Morgan fingerprint density at radius 3 is 2.09 bits per heavy atom. The molecule has 2 aliphatic heterocycles. The van der Waals surface area contributed by atoms with Crippen LogP contribution in [0.3, 0.4) is 0 Å². The lowest BCUT2D eigenvalue weighted by Crippen LogP contribution is -2.60. The summed E-state index contributed by atoms with van der Waals surface area (Å²) < 4.78 is 15.2. The zero-order valence-corrected chi connectivity index (χ0v) is 11.8. The Bertz CT molecular complexity index is 366. The molecule has 22 heavy (non-hydrogen) atoms. The summed E-state index contributed by atoms with van der Waals surface area (Å²) in [7, 11) is 0. The fraction of sp³-hybridized carbons (Fsp3) is 1.00. The fourth-order valence-electron chi connectivity index (χ4n) is 2.57. The third kappa shape index (κ3) is 3.26. The summed E-state index contributed by atoms with van der Waals surface area (Å²) in [4.78, 5) is 0. The van der Waals surface area contributed by atoms with E-state index in [9.17, 15) is 30.6 Å². The van der Waals surface area contributed by atoms with Gasteiger partial charge in [-0.1, -0.05) is 0 Å². The van der Waals surface area contributed by atoms with Gasteiger partial charge in [-0.15, -0.1) is 0 Å². The first kappa shape index (κ1) is 17.9. The zero-order valence-electron chi connectivity index (χ0n) is 11.8. The lowest BCUT2D eigenvalue weighted by Gasteiger charge is -2.41. The van der Waals surface area contributed by atoms with Crippen LogP contribution in [-0.4, -0.2) is 104 Å². The Hall–Kier alpha value is -0.400. The Morgan fingerprint density at radius 1 is 0.955 bits per heavy atom. The number of rotatable bonds is 4. The maximum atomic E-state index is 9.97. The van der Waals surface area contributed by atoms with E-state index in [1.54, 1.807) is 0 Å². The molecule has 130 valence electrons. The molecule has 2 fully saturated rings. The first-order chi connectivity index (χ1) is 10.3. The maximum Gasteiger partial charge on any atom is 0.187 e. The van der Waals surface area contributed by atoms with Crippen LogP contribution in [0, 0.1) is 0 Å². The highest BCUT2D eigenvalue weighted by Crippen LogP contribution is 2.29. The molecule has 10 nitrogen and oxygen atoms in total. The number of hydrogen-bond acceptors (Lipinski definition) is 10. The summed E-state index contributed by atoms with van der Waals surface area (Å²) in [6.07, 6.45) is -14.1. The van der Waals surface area contributed by atoms with E-state index in [1.165, 1.54) is 6.92 Å². The highest BCUT2D eigenvalue weighted by molar-refractivity contribution is 4.94. The summed E-state index contributed by atoms with van der Waals surface area (Å²) in [5.41, 5.74) is 0. The SMILES string of the molecule is CC(O)[C@H]1O[C@@H](O[C@@H]2[C@@H](O)[C@H](O)O[C@H](CO)[C@H]2O)[C@@H](O)[C@@H]1O. The van der Waals surface area contributed by atoms with Crippen LogP contribution >= 0.6 is 0 Å². The van der Waals surface area contributed by atoms with Crippen LogP contribution in [0.25, 0.3) is 0 Å². The Labute approximate surface area is 126 Å². The van der Waals surface area contributed by atoms with Crippen molar-refractivity contribution in [1.29, 1.82) is 0 Å². The molecule has 2 heterocycles. The van der Waals surface area contributed by atoms with E-state index in [4.69, 9.17) is 19.3 Å². The predicted octanol–water partition coefficient (Wildman–Crippen LogP) is -4.37. The molecule has 7 N–H and O–H groups in total. The van der Waals surface area contributed by atoms with Crippen molar-refractivity contribution in [2.24, 2.45) is 0 Å². The largest absolute Gasteiger partial charge is 0.394 e. The molecule has 0 spiro atoms. The van der Waals surface area contributed by atoms with Gasteiger partial charge in [-0.05, 0) is 6.92 Å². The Balaban J connectivity index is 2.08. The van der Waals surface area contributed by atoms with Crippen molar-refractivity contribution in [2.75, 3.05) is 6.61 Å². The number of ether oxygens (including phenoxy) is 3. The molecular weight excluding hydrogens is 304 g/mol. The molecule has 0 saturated carbocycles. The van der Waals surface area contributed by atoms with Crippen molar-refractivity contribution in [2.45, 2.75) is 68.3 Å². The molecule has 10 atom stereocenters. The van der Waals surface area contributed by atoms with Gasteiger partial charge in [-0.2, -0.15) is 0 Å². The first-order valence-corrected chi connectivity index (χ1v) is 6.93. The highest BCUT2D eigenvalue weighted by atomic mass is 16.7. The first-order valence-electron chi connectivity index (χ1n) is 6.93. The summed E-state index contributed by atoms with van der Waals surface area (Å²) in [6.45, 7) is 0.727. The minimum atomic E-state index is -1.71. The number of hydrogen-bond donors (Lipinski definition) is 7. The van der Waals surface area contributed by atoms with Crippen molar-refractivity contribution in [1.82, 2.24) is 0 Å². The van der Waals surface area contributed by atoms with Gasteiger partial charge in [0.1, 0.15) is 42.7 Å². The molecule has 10 heteroatoms. The van der Waals surface area contributed by atoms with E-state index in [-0.39, 0.29) is 0 Å². The predicted molar refractivity (Wildman–Crippen MR) is 67.2 cm³/mol. The zero-order chi connectivity index (χ0) is 16.6. The average molecular weight is 326 g/mol. The minimum Gasteiger partial charge on any atom is -0.394 e. The van der Waals surface area contributed by atoms with Gasteiger partial charge in [-0.25, -0.2) is 0 Å². The van der Waals surface area contributed by atoms with E-state index in [0.29, 0.717) is 0 Å². The van der Waals surface area contributed by atoms with Crippen LogP contribution in [0.2, 0.25) is 0 Å². The van der Waals surface area contributed by atoms with Gasteiger partial charge in [0.2, 0.25) is 0 Å². The quantitative estimate of drug-likeness (QED) is 0.268. The molecule has 0 aromatic carbocycles. The summed E-state index contributed by atoms with van der Waals surface area (Å²) in [6, 6.07) is 0. The second-order valence-electron chi connectivity index (χ2n) is 5.52. The fourth-order valence-corrected chi connectivity index (χ4v) is 2.57. The van der Waals surface area contributed by atoms with Crippen LogP contribution < -0.4 is 0 Å². The average Bonchev–Trinajstić information content (AvgIpc) is 2.75. The normalized spacial score (nSPS) is 51.0. The molecule has 0 radical (unpaired) electrons. The van der Waals surface area contributed by atoms with E-state index in [0.717, 1.165) is 0 Å². The van der Waals surface area contributed by atoms with Gasteiger partial charge in [0.15, 0.2) is 12.6 Å². The molecule has 0 aromatic heterocycles. The van der Waals surface area contributed by atoms with E-state index < -0.39 is 68.0 Å². The maximum absolute atomic E-state index is 9.97. The summed E-state index contributed by atoms with van der Waals surface area (Å²) >= 11 is 0. The Kier molecular flexibility index (Phi) is 5.72. The van der Waals surface area contributed by atoms with Crippen molar-refractivity contribution in [3.63, 3.8) is 0 Å². The second kappa shape index (κ2) is 7.01. The van der Waals surface area contributed by atoms with Crippen molar-refractivity contribution < 1.29 is 50.0 Å². The van der Waals surface area contributed by atoms with E-state index in [2.05, 4.69) is 0 Å². The molecule has 0 amide bonds. The molecule has 0 aliphatic carbocycles. The van der Waals surface area contributed by atoms with E-state index in [1.807, 2.05) is 0 Å². The molecule has 2 saturated heterocycles. The van der Waals surface area contributed by atoms with Crippen LogP contribution in [-0.2, 0) is 14.2 Å². The topological polar surface area (TPSA) is 169 Å². The van der Waals surface area contributed by atoms with Gasteiger partial charge in [0.05, 0.1) is 12.7 Å². The summed E-state index contributed by atoms with van der Waals surface area (Å²) in [5, 5.41) is 67.4. The molecule has 2 aliphatic rings. The second-order valence-corrected chi connectivity index (χ2v) is 5.52. The Morgan fingerprint density at radius 2 is 1.59 bits per heavy atom. The van der Waals surface area contributed by atoms with Gasteiger partial charge in [0, 0.05) is 0 Å². The van der Waals surface area contributed by atoms with Crippen LogP contribution in [0.4, 0.5) is 0 Å². The van der Waals surface area contributed by atoms with Crippen LogP contribution in [0.15, 0.2) is 0 Å². The number of aliphatic hydroxyl groups excluding tert-OH is 7. The smallest absolute Gasteiger partial charge is 0.187 e. The van der Waals surface area contributed by atoms with Gasteiger partial charge >= 0.3 is 0 Å².